The Kier molecular flexibility index (Phi) is 7.82. The monoisotopic (exact) mass is 243 g/mol. The molecule has 2 unspecified atom stereocenters. The molecule has 0 heterocycles. The molecule has 1 rings (SSSR count). The van der Waals surface area contributed by atoms with Crippen LogP contribution in [0.15, 0.2) is 0 Å². The van der Waals surface area contributed by atoms with Crippen molar-refractivity contribution < 1.29 is 9.47 Å². The van der Waals surface area contributed by atoms with E-state index >= 15 is 0 Å². The molecule has 3 heteroatoms. The highest BCUT2D eigenvalue weighted by atomic mass is 16.5. The molecular formula is C14H29NO2. The first kappa shape index (κ1) is 14.9. The Morgan fingerprint density at radius 1 is 1.06 bits per heavy atom. The molecule has 0 amide bonds. The summed E-state index contributed by atoms with van der Waals surface area (Å²) in [5.74, 6) is 1.65. The van der Waals surface area contributed by atoms with Gasteiger partial charge in [0, 0.05) is 19.8 Å². The number of nitrogens with one attached hydrogen (secondary N) is 1. The van der Waals surface area contributed by atoms with Gasteiger partial charge in [-0.3, -0.25) is 0 Å². The van der Waals surface area contributed by atoms with E-state index in [1.165, 1.54) is 19.3 Å². The summed E-state index contributed by atoms with van der Waals surface area (Å²) in [6.07, 6.45) is 5.26. The van der Waals surface area contributed by atoms with Crippen LogP contribution in [0.2, 0.25) is 0 Å². The van der Waals surface area contributed by atoms with Crippen LogP contribution in [0.5, 0.6) is 0 Å². The van der Waals surface area contributed by atoms with Gasteiger partial charge in [-0.2, -0.15) is 0 Å². The van der Waals surface area contributed by atoms with Gasteiger partial charge in [0.25, 0.3) is 0 Å². The molecule has 17 heavy (non-hydrogen) atoms. The molecule has 0 bridgehead atoms. The number of methoxy groups -OCH3 is 1. The minimum absolute atomic E-state index is 0.699. The zero-order valence-electron chi connectivity index (χ0n) is 11.7. The summed E-state index contributed by atoms with van der Waals surface area (Å²) < 4.78 is 10.4. The molecule has 3 nitrogen and oxygen atoms in total. The SMILES string of the molecule is COCCOCCCNC1C(C)CCCC1C. The van der Waals surface area contributed by atoms with Crippen molar-refractivity contribution in [1.29, 1.82) is 0 Å². The van der Waals surface area contributed by atoms with E-state index in [-0.39, 0.29) is 0 Å². The quantitative estimate of drug-likeness (QED) is 0.664. The lowest BCUT2D eigenvalue weighted by atomic mass is 9.79. The normalized spacial score (nSPS) is 29.5. The first-order valence-corrected chi connectivity index (χ1v) is 7.05. The van der Waals surface area contributed by atoms with Gasteiger partial charge in [-0.15, -0.1) is 0 Å². The van der Waals surface area contributed by atoms with E-state index in [1.54, 1.807) is 7.11 Å². The maximum atomic E-state index is 5.45. The second kappa shape index (κ2) is 8.90. The zero-order valence-corrected chi connectivity index (χ0v) is 11.7. The highest BCUT2D eigenvalue weighted by Crippen LogP contribution is 2.28. The van der Waals surface area contributed by atoms with Gasteiger partial charge in [-0.05, 0) is 37.6 Å². The zero-order chi connectivity index (χ0) is 12.5. The standard InChI is InChI=1S/C14H29NO2/c1-12-6-4-7-13(2)14(12)15-8-5-9-17-11-10-16-3/h12-15H,4-11H2,1-3H3. The fourth-order valence-electron chi connectivity index (χ4n) is 2.77. The van der Waals surface area contributed by atoms with Gasteiger partial charge in [0.1, 0.15) is 0 Å². The summed E-state index contributed by atoms with van der Waals surface area (Å²) in [6.45, 7) is 8.08. The molecular weight excluding hydrogens is 214 g/mol. The van der Waals surface area contributed by atoms with Crippen molar-refractivity contribution in [2.24, 2.45) is 11.8 Å². The van der Waals surface area contributed by atoms with Crippen LogP contribution in [0, 0.1) is 11.8 Å². The lowest BCUT2D eigenvalue weighted by Crippen LogP contribution is -2.43. The number of rotatable bonds is 8. The van der Waals surface area contributed by atoms with E-state index in [2.05, 4.69) is 19.2 Å². The van der Waals surface area contributed by atoms with Crippen LogP contribution in [0.3, 0.4) is 0 Å². The average molecular weight is 243 g/mol. The van der Waals surface area contributed by atoms with Gasteiger partial charge >= 0.3 is 0 Å². The largest absolute Gasteiger partial charge is 0.382 e. The maximum Gasteiger partial charge on any atom is 0.0700 e. The third kappa shape index (κ3) is 5.84. The molecule has 1 saturated carbocycles. The van der Waals surface area contributed by atoms with Gasteiger partial charge in [0.2, 0.25) is 0 Å². The summed E-state index contributed by atoms with van der Waals surface area (Å²) in [5, 5.41) is 3.70. The second-order valence-corrected chi connectivity index (χ2v) is 5.32. The molecule has 0 aromatic rings. The molecule has 0 spiro atoms. The fraction of sp³-hybridized carbons (Fsp3) is 1.00. The van der Waals surface area contributed by atoms with Gasteiger partial charge < -0.3 is 14.8 Å². The Balaban J connectivity index is 2.01. The van der Waals surface area contributed by atoms with Crippen molar-refractivity contribution in [2.75, 3.05) is 33.5 Å². The molecule has 0 radical (unpaired) electrons. The van der Waals surface area contributed by atoms with Crippen molar-refractivity contribution in [3.8, 4) is 0 Å². The topological polar surface area (TPSA) is 30.5 Å². The number of hydrogen-bond acceptors (Lipinski definition) is 3. The van der Waals surface area contributed by atoms with Gasteiger partial charge in [-0.25, -0.2) is 0 Å². The van der Waals surface area contributed by atoms with E-state index in [0.717, 1.165) is 31.4 Å². The van der Waals surface area contributed by atoms with E-state index in [9.17, 15) is 0 Å². The second-order valence-electron chi connectivity index (χ2n) is 5.32. The van der Waals surface area contributed by atoms with Crippen LogP contribution in [0.1, 0.15) is 39.5 Å². The highest BCUT2D eigenvalue weighted by Gasteiger charge is 2.26. The molecule has 0 aromatic carbocycles. The first-order chi connectivity index (χ1) is 8.25. The Morgan fingerprint density at radius 3 is 2.41 bits per heavy atom. The Hall–Kier alpha value is -0.120. The maximum absolute atomic E-state index is 5.45. The molecule has 0 saturated heterocycles. The summed E-state index contributed by atoms with van der Waals surface area (Å²) in [5.41, 5.74) is 0. The smallest absolute Gasteiger partial charge is 0.0700 e. The van der Waals surface area contributed by atoms with Crippen molar-refractivity contribution in [3.63, 3.8) is 0 Å². The van der Waals surface area contributed by atoms with Gasteiger partial charge in [-0.1, -0.05) is 20.3 Å². The molecule has 1 aliphatic rings. The van der Waals surface area contributed by atoms with Crippen LogP contribution in [-0.2, 0) is 9.47 Å². The highest BCUT2D eigenvalue weighted by molar-refractivity contribution is 4.83. The minimum Gasteiger partial charge on any atom is -0.382 e. The van der Waals surface area contributed by atoms with E-state index in [4.69, 9.17) is 9.47 Å². The molecule has 102 valence electrons. The average Bonchev–Trinajstić information content (AvgIpc) is 2.31. The summed E-state index contributed by atoms with van der Waals surface area (Å²) in [4.78, 5) is 0. The predicted molar refractivity (Wildman–Crippen MR) is 71.3 cm³/mol. The summed E-state index contributed by atoms with van der Waals surface area (Å²) in [6, 6.07) is 0.711. The molecule has 1 N–H and O–H groups in total. The van der Waals surface area contributed by atoms with E-state index in [0.29, 0.717) is 19.3 Å². The van der Waals surface area contributed by atoms with Crippen LogP contribution in [0.25, 0.3) is 0 Å². The van der Waals surface area contributed by atoms with E-state index < -0.39 is 0 Å². The van der Waals surface area contributed by atoms with Crippen molar-refractivity contribution >= 4 is 0 Å². The minimum atomic E-state index is 0.699. The number of hydrogen-bond donors (Lipinski definition) is 1. The van der Waals surface area contributed by atoms with Crippen molar-refractivity contribution in [3.05, 3.63) is 0 Å². The van der Waals surface area contributed by atoms with Gasteiger partial charge in [0.05, 0.1) is 13.2 Å². The van der Waals surface area contributed by atoms with Crippen LogP contribution in [-0.4, -0.2) is 39.5 Å². The van der Waals surface area contributed by atoms with Crippen LogP contribution in [0.4, 0.5) is 0 Å². The first-order valence-electron chi connectivity index (χ1n) is 7.05. The molecule has 0 aliphatic heterocycles. The molecule has 2 atom stereocenters. The molecule has 0 aromatic heterocycles. The summed E-state index contributed by atoms with van der Waals surface area (Å²) >= 11 is 0. The third-order valence-electron chi connectivity index (χ3n) is 3.82. The lowest BCUT2D eigenvalue weighted by molar-refractivity contribution is 0.0684. The molecule has 1 aliphatic carbocycles. The Bertz CT molecular complexity index is 177. The molecule has 1 fully saturated rings. The van der Waals surface area contributed by atoms with Crippen molar-refractivity contribution in [2.45, 2.75) is 45.6 Å². The van der Waals surface area contributed by atoms with Crippen LogP contribution >= 0.6 is 0 Å². The number of ether oxygens (including phenoxy) is 2. The summed E-state index contributed by atoms with van der Waals surface area (Å²) in [7, 11) is 1.71. The van der Waals surface area contributed by atoms with Gasteiger partial charge in [0.15, 0.2) is 0 Å². The predicted octanol–water partition coefficient (Wildman–Crippen LogP) is 2.45. The van der Waals surface area contributed by atoms with Crippen LogP contribution < -0.4 is 5.32 Å². The Labute approximate surface area is 106 Å². The lowest BCUT2D eigenvalue weighted by Gasteiger charge is -2.35. The third-order valence-corrected chi connectivity index (χ3v) is 3.82. The Morgan fingerprint density at radius 2 is 1.76 bits per heavy atom. The van der Waals surface area contributed by atoms with E-state index in [1.807, 2.05) is 0 Å². The van der Waals surface area contributed by atoms with Crippen molar-refractivity contribution in [1.82, 2.24) is 5.32 Å². The fourth-order valence-corrected chi connectivity index (χ4v) is 2.77.